The minimum absolute atomic E-state index is 0.164. The van der Waals surface area contributed by atoms with Crippen LogP contribution in [0.3, 0.4) is 0 Å². The lowest BCUT2D eigenvalue weighted by Gasteiger charge is -2.18. The number of hydrogen-bond donors (Lipinski definition) is 3. The predicted octanol–water partition coefficient (Wildman–Crippen LogP) is 3.57. The van der Waals surface area contributed by atoms with Crippen LogP contribution in [0.15, 0.2) is 29.2 Å². The van der Waals surface area contributed by atoms with Gasteiger partial charge in [-0.15, -0.1) is 11.8 Å². The van der Waals surface area contributed by atoms with E-state index < -0.39 is 0 Å². The van der Waals surface area contributed by atoms with E-state index in [0.717, 1.165) is 18.5 Å². The van der Waals surface area contributed by atoms with Crippen LogP contribution in [0, 0.1) is 11.8 Å². The van der Waals surface area contributed by atoms with Crippen molar-refractivity contribution in [2.24, 2.45) is 11.8 Å². The Morgan fingerprint density at radius 2 is 1.95 bits per heavy atom. The van der Waals surface area contributed by atoms with Crippen molar-refractivity contribution in [1.29, 1.82) is 0 Å². The number of nitrogens with one attached hydrogen (secondary N) is 2. The molecule has 0 saturated carbocycles. The highest BCUT2D eigenvalue weighted by Gasteiger charge is 2.12. The molecule has 1 aromatic carbocycles. The van der Waals surface area contributed by atoms with E-state index in [9.17, 15) is 4.79 Å². The van der Waals surface area contributed by atoms with Crippen molar-refractivity contribution in [3.8, 4) is 0 Å². The third-order valence-electron chi connectivity index (χ3n) is 3.24. The van der Waals surface area contributed by atoms with Crippen LogP contribution in [0.25, 0.3) is 0 Å². The fraction of sp³-hybridized carbons (Fsp3) is 0.562. The van der Waals surface area contributed by atoms with Crippen LogP contribution in [-0.4, -0.2) is 30.5 Å². The van der Waals surface area contributed by atoms with Gasteiger partial charge in [-0.25, -0.2) is 4.79 Å². The number of aliphatic hydroxyl groups excluding tert-OH is 1. The molecule has 1 atom stereocenters. The van der Waals surface area contributed by atoms with E-state index in [1.807, 2.05) is 30.5 Å². The van der Waals surface area contributed by atoms with Gasteiger partial charge in [-0.2, -0.15) is 0 Å². The van der Waals surface area contributed by atoms with Gasteiger partial charge in [0.2, 0.25) is 0 Å². The van der Waals surface area contributed by atoms with E-state index in [0.29, 0.717) is 18.4 Å². The summed E-state index contributed by atoms with van der Waals surface area (Å²) in [5.74, 6) is 0.880. The lowest BCUT2D eigenvalue weighted by atomic mass is 9.94. The van der Waals surface area contributed by atoms with Crippen molar-refractivity contribution in [1.82, 2.24) is 5.32 Å². The molecular formula is C16H26N2O2S. The molecule has 118 valence electrons. The van der Waals surface area contributed by atoms with Gasteiger partial charge in [-0.05, 0) is 55.2 Å². The highest BCUT2D eigenvalue weighted by Crippen LogP contribution is 2.17. The number of benzene rings is 1. The number of amides is 2. The summed E-state index contributed by atoms with van der Waals surface area (Å²) in [6.07, 6.45) is 3.75. The topological polar surface area (TPSA) is 61.4 Å². The molecule has 0 aliphatic heterocycles. The smallest absolute Gasteiger partial charge is 0.319 e. The summed E-state index contributed by atoms with van der Waals surface area (Å²) in [4.78, 5) is 13.0. The summed E-state index contributed by atoms with van der Waals surface area (Å²) >= 11 is 1.67. The molecule has 21 heavy (non-hydrogen) atoms. The summed E-state index contributed by atoms with van der Waals surface area (Å²) in [7, 11) is 0. The van der Waals surface area contributed by atoms with Crippen LogP contribution in [0.1, 0.15) is 26.7 Å². The monoisotopic (exact) mass is 310 g/mol. The van der Waals surface area contributed by atoms with Crippen molar-refractivity contribution in [2.45, 2.75) is 31.6 Å². The number of aliphatic hydroxyl groups is 1. The van der Waals surface area contributed by atoms with Crippen LogP contribution in [-0.2, 0) is 0 Å². The van der Waals surface area contributed by atoms with Gasteiger partial charge >= 0.3 is 6.03 Å². The van der Waals surface area contributed by atoms with Crippen molar-refractivity contribution >= 4 is 23.5 Å². The molecule has 0 aliphatic rings. The van der Waals surface area contributed by atoms with E-state index in [1.165, 1.54) is 4.90 Å². The van der Waals surface area contributed by atoms with Crippen LogP contribution < -0.4 is 10.6 Å². The summed E-state index contributed by atoms with van der Waals surface area (Å²) in [5.41, 5.74) is 0.785. The molecule has 1 aromatic rings. The first-order valence-electron chi connectivity index (χ1n) is 7.35. The maximum atomic E-state index is 11.9. The predicted molar refractivity (Wildman–Crippen MR) is 89.9 cm³/mol. The maximum absolute atomic E-state index is 11.9. The Kier molecular flexibility index (Phi) is 8.23. The molecule has 1 unspecified atom stereocenters. The minimum Gasteiger partial charge on any atom is -0.396 e. The van der Waals surface area contributed by atoms with E-state index in [-0.39, 0.29) is 12.6 Å². The van der Waals surface area contributed by atoms with Gasteiger partial charge in [0.25, 0.3) is 0 Å². The Labute approximate surface area is 131 Å². The molecule has 0 aliphatic carbocycles. The van der Waals surface area contributed by atoms with Crippen molar-refractivity contribution in [3.63, 3.8) is 0 Å². The summed E-state index contributed by atoms with van der Waals surface area (Å²) in [5, 5.41) is 14.8. The zero-order chi connectivity index (χ0) is 15.7. The molecule has 4 nitrogen and oxygen atoms in total. The van der Waals surface area contributed by atoms with Crippen molar-refractivity contribution < 1.29 is 9.90 Å². The number of carbonyl (C=O) groups excluding carboxylic acids is 1. The molecule has 1 rings (SSSR count). The zero-order valence-corrected chi connectivity index (χ0v) is 13.9. The van der Waals surface area contributed by atoms with E-state index >= 15 is 0 Å². The third kappa shape index (κ3) is 7.39. The molecule has 0 bridgehead atoms. The number of carbonyl (C=O) groups is 1. The van der Waals surface area contributed by atoms with E-state index in [4.69, 9.17) is 5.11 Å². The van der Waals surface area contributed by atoms with Gasteiger partial charge in [-0.1, -0.05) is 13.8 Å². The third-order valence-corrected chi connectivity index (χ3v) is 3.98. The second-order valence-electron chi connectivity index (χ2n) is 5.57. The Hall–Kier alpha value is -1.20. The molecule has 2 amide bonds. The van der Waals surface area contributed by atoms with Gasteiger partial charge in [0.1, 0.15) is 0 Å². The number of anilines is 1. The fourth-order valence-corrected chi connectivity index (χ4v) is 2.65. The Morgan fingerprint density at radius 1 is 1.29 bits per heavy atom. The van der Waals surface area contributed by atoms with Crippen LogP contribution in [0.2, 0.25) is 0 Å². The largest absolute Gasteiger partial charge is 0.396 e. The number of urea groups is 1. The molecular weight excluding hydrogens is 284 g/mol. The average Bonchev–Trinajstić information content (AvgIpc) is 2.45. The van der Waals surface area contributed by atoms with Gasteiger partial charge in [0, 0.05) is 23.7 Å². The van der Waals surface area contributed by atoms with E-state index in [1.54, 1.807) is 11.8 Å². The molecule has 0 heterocycles. The molecule has 5 heteroatoms. The minimum atomic E-state index is -0.196. The quantitative estimate of drug-likeness (QED) is 0.643. The standard InChI is InChI=1S/C16H26N2O2S/c1-12(2)10-13(8-9-19)11-17-16(20)18-14-4-6-15(21-3)7-5-14/h4-7,12-13,19H,8-11H2,1-3H3,(H2,17,18,20). The van der Waals surface area contributed by atoms with Gasteiger partial charge in [0.15, 0.2) is 0 Å². The molecule has 0 spiro atoms. The number of rotatable bonds is 8. The number of hydrogen-bond acceptors (Lipinski definition) is 3. The first-order valence-corrected chi connectivity index (χ1v) is 8.57. The van der Waals surface area contributed by atoms with E-state index in [2.05, 4.69) is 24.5 Å². The normalized spacial score (nSPS) is 12.2. The van der Waals surface area contributed by atoms with Crippen LogP contribution in [0.4, 0.5) is 10.5 Å². The van der Waals surface area contributed by atoms with Gasteiger partial charge < -0.3 is 15.7 Å². The highest BCUT2D eigenvalue weighted by molar-refractivity contribution is 7.98. The van der Waals surface area contributed by atoms with Gasteiger partial charge in [-0.3, -0.25) is 0 Å². The second-order valence-corrected chi connectivity index (χ2v) is 6.45. The molecule has 0 radical (unpaired) electrons. The van der Waals surface area contributed by atoms with Crippen LogP contribution in [0.5, 0.6) is 0 Å². The fourth-order valence-electron chi connectivity index (χ4n) is 2.24. The van der Waals surface area contributed by atoms with Crippen molar-refractivity contribution in [2.75, 3.05) is 24.7 Å². The average molecular weight is 310 g/mol. The Morgan fingerprint density at radius 3 is 2.48 bits per heavy atom. The molecule has 0 aromatic heterocycles. The Balaban J connectivity index is 2.40. The SMILES string of the molecule is CSc1ccc(NC(=O)NCC(CCO)CC(C)C)cc1. The van der Waals surface area contributed by atoms with Crippen molar-refractivity contribution in [3.05, 3.63) is 24.3 Å². The lowest BCUT2D eigenvalue weighted by molar-refractivity contribution is 0.231. The summed E-state index contributed by atoms with van der Waals surface area (Å²) < 4.78 is 0. The molecule has 0 fully saturated rings. The first-order chi connectivity index (χ1) is 10.0. The summed E-state index contributed by atoms with van der Waals surface area (Å²) in [6, 6.07) is 7.55. The zero-order valence-electron chi connectivity index (χ0n) is 13.1. The summed E-state index contributed by atoms with van der Waals surface area (Å²) in [6.45, 7) is 5.06. The lowest BCUT2D eigenvalue weighted by Crippen LogP contribution is -2.33. The first kappa shape index (κ1) is 17.9. The number of thioether (sulfide) groups is 1. The highest BCUT2D eigenvalue weighted by atomic mass is 32.2. The maximum Gasteiger partial charge on any atom is 0.319 e. The van der Waals surface area contributed by atoms with Gasteiger partial charge in [0.05, 0.1) is 0 Å². The second kappa shape index (κ2) is 9.68. The molecule has 0 saturated heterocycles. The van der Waals surface area contributed by atoms with Crippen LogP contribution >= 0.6 is 11.8 Å². The molecule has 3 N–H and O–H groups in total. The Bertz CT molecular complexity index is 421.